The molecule has 1 aromatic rings. The minimum Gasteiger partial charge on any atom is -0.491 e. The van der Waals surface area contributed by atoms with E-state index in [0.717, 1.165) is 37.5 Å². The molecule has 0 bridgehead atoms. The zero-order valence-electron chi connectivity index (χ0n) is 22.7. The highest BCUT2D eigenvalue weighted by Crippen LogP contribution is 2.44. The molecule has 2 nitrogen and oxygen atoms in total. The second-order valence-electron chi connectivity index (χ2n) is 12.1. The summed E-state index contributed by atoms with van der Waals surface area (Å²) in [6, 6.07) is 1.30. The molecule has 2 aliphatic rings. The van der Waals surface area contributed by atoms with Gasteiger partial charge in [0.2, 0.25) is 0 Å². The van der Waals surface area contributed by atoms with Crippen LogP contribution in [-0.4, -0.2) is 20.5 Å². The van der Waals surface area contributed by atoms with Gasteiger partial charge in [-0.15, -0.1) is 0 Å². The van der Waals surface area contributed by atoms with E-state index in [1.54, 1.807) is 6.92 Å². The fourth-order valence-electron chi connectivity index (χ4n) is 6.56. The van der Waals surface area contributed by atoms with Crippen LogP contribution in [0.4, 0.5) is 17.6 Å². The quantitative estimate of drug-likeness (QED) is 0.182. The highest BCUT2D eigenvalue weighted by molar-refractivity contribution is 6.89. The number of Topliss-reactive ketones (excluding diaryl/α,β-unsaturated/α-hetero) is 1. The maximum Gasteiger partial charge on any atom is 0.420 e. The Labute approximate surface area is 215 Å². The molecular formula is C29H44F4O2Si. The molecule has 0 spiro atoms. The molecule has 1 aromatic carbocycles. The lowest BCUT2D eigenvalue weighted by Crippen LogP contribution is -2.41. The molecule has 2 fully saturated rings. The second-order valence-corrected chi connectivity index (χ2v) is 17.2. The molecule has 0 N–H and O–H groups in total. The van der Waals surface area contributed by atoms with Gasteiger partial charge in [0.05, 0.1) is 14.7 Å². The summed E-state index contributed by atoms with van der Waals surface area (Å²) in [7, 11) is -2.28. The lowest BCUT2D eigenvalue weighted by Gasteiger charge is -2.38. The summed E-state index contributed by atoms with van der Waals surface area (Å²) in [4.78, 5) is 13.3. The van der Waals surface area contributed by atoms with Gasteiger partial charge in [-0.25, -0.2) is 4.39 Å². The lowest BCUT2D eigenvalue weighted by atomic mass is 9.68. The monoisotopic (exact) mass is 528 g/mol. The first kappa shape index (κ1) is 29.2. The number of ketones is 1. The molecule has 36 heavy (non-hydrogen) atoms. The first-order valence-corrected chi connectivity index (χ1v) is 17.5. The first-order valence-electron chi connectivity index (χ1n) is 14.0. The third kappa shape index (κ3) is 6.93. The van der Waals surface area contributed by atoms with Gasteiger partial charge in [0.15, 0.2) is 17.3 Å². The molecule has 0 atom stereocenters. The highest BCUT2D eigenvalue weighted by atomic mass is 28.3. The van der Waals surface area contributed by atoms with Crippen molar-refractivity contribution in [3.63, 3.8) is 0 Å². The summed E-state index contributed by atoms with van der Waals surface area (Å²) in [6.45, 7) is 9.68. The minimum atomic E-state index is -4.97. The molecule has 0 saturated heterocycles. The van der Waals surface area contributed by atoms with Crippen molar-refractivity contribution < 1.29 is 27.1 Å². The summed E-state index contributed by atoms with van der Waals surface area (Å²) < 4.78 is 62.6. The third-order valence-electron chi connectivity index (χ3n) is 8.52. The van der Waals surface area contributed by atoms with Crippen LogP contribution < -0.4 is 9.92 Å². The fraction of sp³-hybridized carbons (Fsp3) is 0.759. The van der Waals surface area contributed by atoms with E-state index in [4.69, 9.17) is 4.74 Å². The van der Waals surface area contributed by atoms with E-state index in [9.17, 15) is 18.0 Å². The Kier molecular flexibility index (Phi) is 9.73. The van der Waals surface area contributed by atoms with Gasteiger partial charge in [0.25, 0.3) is 0 Å². The van der Waals surface area contributed by atoms with Crippen LogP contribution in [0.5, 0.6) is 5.75 Å². The SMILES string of the molecule is CCCC1CCC(C2CCC(CC(=O)c3cc([Si](C)(C)C)c(OCC)c(F)c3C(F)(F)F)CC2)CC1. The summed E-state index contributed by atoms with van der Waals surface area (Å²) in [6.07, 6.45) is 6.72. The lowest BCUT2D eigenvalue weighted by molar-refractivity contribution is -0.140. The molecule has 0 radical (unpaired) electrons. The van der Waals surface area contributed by atoms with Crippen LogP contribution in [0.25, 0.3) is 0 Å². The van der Waals surface area contributed by atoms with Crippen molar-refractivity contribution in [3.05, 3.63) is 23.0 Å². The molecule has 2 aliphatic carbocycles. The number of ether oxygens (including phenoxy) is 1. The maximum absolute atomic E-state index is 15.3. The zero-order chi connectivity index (χ0) is 26.7. The van der Waals surface area contributed by atoms with E-state index in [0.29, 0.717) is 11.1 Å². The molecule has 204 valence electrons. The molecular weight excluding hydrogens is 484 g/mol. The number of carbonyl (C=O) groups excluding carboxylic acids is 1. The van der Waals surface area contributed by atoms with Crippen LogP contribution >= 0.6 is 0 Å². The third-order valence-corrected chi connectivity index (χ3v) is 10.5. The Morgan fingerprint density at radius 3 is 1.92 bits per heavy atom. The molecule has 0 aromatic heterocycles. The van der Waals surface area contributed by atoms with E-state index in [1.807, 2.05) is 19.6 Å². The number of rotatable bonds is 9. The van der Waals surface area contributed by atoms with Crippen molar-refractivity contribution in [2.75, 3.05) is 6.61 Å². The minimum absolute atomic E-state index is 0.0532. The van der Waals surface area contributed by atoms with Gasteiger partial charge >= 0.3 is 6.18 Å². The Balaban J connectivity index is 1.74. The van der Waals surface area contributed by atoms with Crippen molar-refractivity contribution in [2.45, 2.75) is 110 Å². The zero-order valence-corrected chi connectivity index (χ0v) is 23.7. The van der Waals surface area contributed by atoms with E-state index in [2.05, 4.69) is 6.92 Å². The highest BCUT2D eigenvalue weighted by Gasteiger charge is 2.43. The van der Waals surface area contributed by atoms with Gasteiger partial charge in [-0.2, -0.15) is 13.2 Å². The Morgan fingerprint density at radius 1 is 0.944 bits per heavy atom. The Morgan fingerprint density at radius 2 is 1.47 bits per heavy atom. The topological polar surface area (TPSA) is 26.3 Å². The molecule has 2 saturated carbocycles. The Hall–Kier alpha value is -1.37. The van der Waals surface area contributed by atoms with Crippen molar-refractivity contribution in [3.8, 4) is 5.75 Å². The standard InChI is InChI=1S/C29H44F4O2Si/c1-6-8-19-9-13-21(14-10-19)22-15-11-20(12-16-22)17-24(34)23-18-25(36(3,4)5)28(35-7-2)27(30)26(23)29(31,32)33/h18-22H,6-17H2,1-5H3. The summed E-state index contributed by atoms with van der Waals surface area (Å²) in [5.74, 6) is 0.00372. The Bertz CT molecular complexity index is 890. The van der Waals surface area contributed by atoms with Gasteiger partial charge in [-0.1, -0.05) is 52.2 Å². The van der Waals surface area contributed by atoms with Gasteiger partial charge in [0, 0.05) is 12.0 Å². The van der Waals surface area contributed by atoms with Crippen LogP contribution in [0.2, 0.25) is 19.6 Å². The molecule has 0 heterocycles. The van der Waals surface area contributed by atoms with Crippen molar-refractivity contribution in [1.29, 1.82) is 0 Å². The van der Waals surface area contributed by atoms with Crippen molar-refractivity contribution in [1.82, 2.24) is 0 Å². The maximum atomic E-state index is 15.3. The van der Waals surface area contributed by atoms with Crippen LogP contribution in [0.3, 0.4) is 0 Å². The van der Waals surface area contributed by atoms with Crippen molar-refractivity contribution in [2.24, 2.45) is 23.7 Å². The fourth-order valence-corrected chi connectivity index (χ4v) is 8.00. The van der Waals surface area contributed by atoms with Crippen LogP contribution in [-0.2, 0) is 6.18 Å². The second kappa shape index (κ2) is 12.0. The number of alkyl halides is 3. The van der Waals surface area contributed by atoms with Crippen LogP contribution in [0, 0.1) is 29.5 Å². The molecule has 3 rings (SSSR count). The molecule has 7 heteroatoms. The molecule has 0 aliphatic heterocycles. The number of hydrogen-bond donors (Lipinski definition) is 0. The number of hydrogen-bond acceptors (Lipinski definition) is 2. The normalized spacial score (nSPS) is 25.6. The summed E-state index contributed by atoms with van der Waals surface area (Å²) in [5, 5.41) is 0.431. The van der Waals surface area contributed by atoms with Crippen molar-refractivity contribution >= 4 is 19.0 Å². The molecule has 0 unspecified atom stereocenters. The summed E-state index contributed by atoms with van der Waals surface area (Å²) in [5.41, 5.74) is -1.98. The van der Waals surface area contributed by atoms with E-state index in [1.165, 1.54) is 44.6 Å². The molecule has 0 amide bonds. The average molecular weight is 529 g/mol. The largest absolute Gasteiger partial charge is 0.491 e. The predicted molar refractivity (Wildman–Crippen MR) is 140 cm³/mol. The van der Waals surface area contributed by atoms with Gasteiger partial charge in [-0.05, 0) is 80.4 Å². The van der Waals surface area contributed by atoms with Crippen LogP contribution in [0.1, 0.15) is 100 Å². The van der Waals surface area contributed by atoms with Gasteiger partial charge in [0.1, 0.15) is 5.56 Å². The number of benzene rings is 1. The summed E-state index contributed by atoms with van der Waals surface area (Å²) >= 11 is 0. The smallest absolute Gasteiger partial charge is 0.420 e. The number of halogens is 4. The predicted octanol–water partition coefficient (Wildman–Crippen LogP) is 8.77. The number of carbonyl (C=O) groups is 1. The van der Waals surface area contributed by atoms with E-state index < -0.39 is 37.0 Å². The van der Waals surface area contributed by atoms with Gasteiger partial charge in [-0.3, -0.25) is 4.79 Å². The first-order chi connectivity index (χ1) is 16.9. The van der Waals surface area contributed by atoms with Gasteiger partial charge < -0.3 is 4.74 Å². The van der Waals surface area contributed by atoms with Crippen LogP contribution in [0.15, 0.2) is 6.07 Å². The van der Waals surface area contributed by atoms with E-state index >= 15 is 4.39 Å². The van der Waals surface area contributed by atoms with E-state index in [-0.39, 0.29) is 24.7 Å². The average Bonchev–Trinajstić information content (AvgIpc) is 2.80.